The molecule has 0 fully saturated rings. The summed E-state index contributed by atoms with van der Waals surface area (Å²) in [4.78, 5) is 12.2. The van der Waals surface area contributed by atoms with Gasteiger partial charge >= 0.3 is 0 Å². The van der Waals surface area contributed by atoms with Crippen molar-refractivity contribution in [3.05, 3.63) is 70.0 Å². The van der Waals surface area contributed by atoms with E-state index in [9.17, 15) is 9.18 Å². The Morgan fingerprint density at radius 3 is 2.96 bits per heavy atom. The first kappa shape index (κ1) is 17.3. The SMILES string of the molecule is O=C(CSCc1ccc(Cl)cc1F)NC1CCCc2ccccc21. The van der Waals surface area contributed by atoms with Crippen LogP contribution in [-0.2, 0) is 17.0 Å². The fraction of sp³-hybridized carbons (Fsp3) is 0.316. The number of rotatable bonds is 5. The van der Waals surface area contributed by atoms with Crippen molar-refractivity contribution in [1.29, 1.82) is 0 Å². The molecule has 2 nitrogen and oxygen atoms in total. The summed E-state index contributed by atoms with van der Waals surface area (Å²) in [7, 11) is 0. The molecule has 0 aromatic heterocycles. The zero-order chi connectivity index (χ0) is 16.9. The molecule has 1 N–H and O–H groups in total. The van der Waals surface area contributed by atoms with Crippen molar-refractivity contribution < 1.29 is 9.18 Å². The van der Waals surface area contributed by atoms with E-state index in [4.69, 9.17) is 11.6 Å². The van der Waals surface area contributed by atoms with Crippen LogP contribution >= 0.6 is 23.4 Å². The first-order valence-corrected chi connectivity index (χ1v) is 9.55. The van der Waals surface area contributed by atoms with Gasteiger partial charge in [-0.1, -0.05) is 41.9 Å². The van der Waals surface area contributed by atoms with Gasteiger partial charge in [0, 0.05) is 10.8 Å². The van der Waals surface area contributed by atoms with Crippen molar-refractivity contribution in [2.45, 2.75) is 31.1 Å². The van der Waals surface area contributed by atoms with Gasteiger partial charge in [-0.2, -0.15) is 0 Å². The number of halogens is 2. The Kier molecular flexibility index (Phi) is 5.80. The molecule has 0 spiro atoms. The van der Waals surface area contributed by atoms with Crippen LogP contribution in [0.15, 0.2) is 42.5 Å². The second kappa shape index (κ2) is 8.04. The summed E-state index contributed by atoms with van der Waals surface area (Å²) >= 11 is 7.15. The van der Waals surface area contributed by atoms with Crippen molar-refractivity contribution in [2.75, 3.05) is 5.75 Å². The van der Waals surface area contributed by atoms with Crippen LogP contribution in [0.1, 0.15) is 35.6 Å². The molecule has 0 aliphatic heterocycles. The van der Waals surface area contributed by atoms with E-state index in [1.807, 2.05) is 12.1 Å². The Bertz CT molecular complexity index is 737. The zero-order valence-corrected chi connectivity index (χ0v) is 14.8. The number of nitrogens with one attached hydrogen (secondary N) is 1. The van der Waals surface area contributed by atoms with Crippen molar-refractivity contribution in [3.63, 3.8) is 0 Å². The Balaban J connectivity index is 1.52. The minimum Gasteiger partial charge on any atom is -0.349 e. The molecule has 3 rings (SSSR count). The van der Waals surface area contributed by atoms with Crippen LogP contribution < -0.4 is 5.32 Å². The van der Waals surface area contributed by atoms with Crippen molar-refractivity contribution in [2.24, 2.45) is 0 Å². The third kappa shape index (κ3) is 4.31. The lowest BCUT2D eigenvalue weighted by molar-refractivity contribution is -0.119. The van der Waals surface area contributed by atoms with Crippen LogP contribution in [0, 0.1) is 5.82 Å². The monoisotopic (exact) mass is 363 g/mol. The Hall–Kier alpha value is -1.52. The minimum atomic E-state index is -0.323. The molecule has 1 atom stereocenters. The highest BCUT2D eigenvalue weighted by Crippen LogP contribution is 2.29. The molecule has 126 valence electrons. The zero-order valence-electron chi connectivity index (χ0n) is 13.2. The number of carbonyl (C=O) groups excluding carboxylic acids is 1. The first-order valence-electron chi connectivity index (χ1n) is 8.02. The molecule has 0 saturated heterocycles. The highest BCUT2D eigenvalue weighted by Gasteiger charge is 2.21. The largest absolute Gasteiger partial charge is 0.349 e. The number of hydrogen-bond donors (Lipinski definition) is 1. The summed E-state index contributed by atoms with van der Waals surface area (Å²) in [5.41, 5.74) is 3.12. The molecule has 0 bridgehead atoms. The van der Waals surface area contributed by atoms with E-state index >= 15 is 0 Å². The number of fused-ring (bicyclic) bond motifs is 1. The maximum atomic E-state index is 13.7. The molecule has 0 saturated carbocycles. The number of thioether (sulfide) groups is 1. The molecule has 5 heteroatoms. The number of aryl methyl sites for hydroxylation is 1. The molecular weight excluding hydrogens is 345 g/mol. The average Bonchev–Trinajstić information content (AvgIpc) is 2.57. The van der Waals surface area contributed by atoms with Gasteiger partial charge in [0.2, 0.25) is 5.91 Å². The first-order chi connectivity index (χ1) is 11.6. The fourth-order valence-corrected chi connectivity index (χ4v) is 4.02. The van der Waals surface area contributed by atoms with Crippen LogP contribution in [0.3, 0.4) is 0 Å². The van der Waals surface area contributed by atoms with E-state index in [0.717, 1.165) is 19.3 Å². The van der Waals surface area contributed by atoms with Gasteiger partial charge in [-0.25, -0.2) is 4.39 Å². The highest BCUT2D eigenvalue weighted by molar-refractivity contribution is 7.99. The van der Waals surface area contributed by atoms with E-state index in [1.165, 1.54) is 29.0 Å². The van der Waals surface area contributed by atoms with Crippen molar-refractivity contribution in [3.8, 4) is 0 Å². The quantitative estimate of drug-likeness (QED) is 0.818. The van der Waals surface area contributed by atoms with E-state index in [-0.39, 0.29) is 17.8 Å². The molecule has 2 aromatic carbocycles. The maximum absolute atomic E-state index is 13.7. The van der Waals surface area contributed by atoms with Gasteiger partial charge in [0.15, 0.2) is 0 Å². The second-order valence-corrected chi connectivity index (χ2v) is 7.36. The van der Waals surface area contributed by atoms with Crippen molar-refractivity contribution in [1.82, 2.24) is 5.32 Å². The topological polar surface area (TPSA) is 29.1 Å². The number of benzene rings is 2. The lowest BCUT2D eigenvalue weighted by atomic mass is 9.88. The molecule has 1 aliphatic rings. The van der Waals surface area contributed by atoms with Gasteiger partial charge in [-0.15, -0.1) is 11.8 Å². The fourth-order valence-electron chi connectivity index (χ4n) is 3.03. The summed E-state index contributed by atoms with van der Waals surface area (Å²) in [6.07, 6.45) is 3.14. The summed E-state index contributed by atoms with van der Waals surface area (Å²) in [6.45, 7) is 0. The number of carbonyl (C=O) groups is 1. The lowest BCUT2D eigenvalue weighted by Crippen LogP contribution is -2.32. The average molecular weight is 364 g/mol. The van der Waals surface area contributed by atoms with Crippen LogP contribution in [0.25, 0.3) is 0 Å². The summed E-state index contributed by atoms with van der Waals surface area (Å²) in [6, 6.07) is 13.0. The lowest BCUT2D eigenvalue weighted by Gasteiger charge is -2.26. The van der Waals surface area contributed by atoms with Crippen LogP contribution in [0.2, 0.25) is 5.02 Å². The minimum absolute atomic E-state index is 0.00363. The molecule has 1 amide bonds. The molecule has 0 heterocycles. The van der Waals surface area contributed by atoms with E-state index in [2.05, 4.69) is 17.4 Å². The van der Waals surface area contributed by atoms with Gasteiger partial charge in [-0.05, 0) is 48.1 Å². The standard InChI is InChI=1S/C19H19ClFNOS/c20-15-9-8-14(17(21)10-15)11-24-12-19(23)22-18-7-3-5-13-4-1-2-6-16(13)18/h1-2,4,6,8-10,18H,3,5,7,11-12H2,(H,22,23). The molecule has 1 aliphatic carbocycles. The summed E-state index contributed by atoms with van der Waals surface area (Å²) < 4.78 is 13.7. The third-order valence-corrected chi connectivity index (χ3v) is 5.43. The summed E-state index contributed by atoms with van der Waals surface area (Å²) in [5, 5.41) is 3.49. The summed E-state index contributed by atoms with van der Waals surface area (Å²) in [5.74, 6) is 0.450. The molecule has 1 unspecified atom stereocenters. The molecule has 2 aromatic rings. The number of hydrogen-bond acceptors (Lipinski definition) is 2. The van der Waals surface area contributed by atoms with E-state index in [1.54, 1.807) is 12.1 Å². The Morgan fingerprint density at radius 2 is 2.12 bits per heavy atom. The van der Waals surface area contributed by atoms with Gasteiger partial charge in [0.1, 0.15) is 5.82 Å². The van der Waals surface area contributed by atoms with Gasteiger partial charge in [0.25, 0.3) is 0 Å². The third-order valence-electron chi connectivity index (χ3n) is 4.21. The van der Waals surface area contributed by atoms with Gasteiger partial charge in [-0.3, -0.25) is 4.79 Å². The predicted molar refractivity (Wildman–Crippen MR) is 97.8 cm³/mol. The van der Waals surface area contributed by atoms with E-state index < -0.39 is 0 Å². The van der Waals surface area contributed by atoms with Crippen LogP contribution in [0.5, 0.6) is 0 Å². The molecule has 0 radical (unpaired) electrons. The predicted octanol–water partition coefficient (Wildman–Crippen LogP) is 4.91. The Labute approximate surface area is 150 Å². The van der Waals surface area contributed by atoms with Gasteiger partial charge in [0.05, 0.1) is 11.8 Å². The second-order valence-electron chi connectivity index (χ2n) is 5.94. The molecular formula is C19H19ClFNOS. The van der Waals surface area contributed by atoms with E-state index in [0.29, 0.717) is 22.1 Å². The van der Waals surface area contributed by atoms with Crippen LogP contribution in [0.4, 0.5) is 4.39 Å². The highest BCUT2D eigenvalue weighted by atomic mass is 35.5. The maximum Gasteiger partial charge on any atom is 0.230 e. The molecule has 24 heavy (non-hydrogen) atoms. The Morgan fingerprint density at radius 1 is 1.29 bits per heavy atom. The number of amides is 1. The normalized spacial score (nSPS) is 16.5. The van der Waals surface area contributed by atoms with Crippen LogP contribution in [-0.4, -0.2) is 11.7 Å². The van der Waals surface area contributed by atoms with Gasteiger partial charge < -0.3 is 5.32 Å². The smallest absolute Gasteiger partial charge is 0.230 e. The van der Waals surface area contributed by atoms with Crippen molar-refractivity contribution >= 4 is 29.3 Å².